The minimum atomic E-state index is -0.732. The van der Waals surface area contributed by atoms with Crippen LogP contribution in [-0.4, -0.2) is 60.2 Å². The minimum Gasteiger partial charge on any atom is -0.481 e. The molecule has 6 heteroatoms. The number of morpholine rings is 1. The number of carboxylic acids is 1. The van der Waals surface area contributed by atoms with Crippen LogP contribution in [-0.2, 0) is 25.7 Å². The van der Waals surface area contributed by atoms with Crippen molar-refractivity contribution in [1.29, 1.82) is 0 Å². The molecule has 0 radical (unpaired) electrons. The molecule has 0 unspecified atom stereocenters. The highest BCUT2D eigenvalue weighted by Gasteiger charge is 2.45. The Kier molecular flexibility index (Phi) is 9.67. The first-order valence-electron chi connectivity index (χ1n) is 13.3. The fourth-order valence-corrected chi connectivity index (χ4v) is 5.52. The molecule has 36 heavy (non-hydrogen) atoms. The van der Waals surface area contributed by atoms with E-state index in [1.54, 1.807) is 0 Å². The average Bonchev–Trinajstić information content (AvgIpc) is 3.20. The normalized spacial score (nSPS) is 22.7. The van der Waals surface area contributed by atoms with E-state index in [2.05, 4.69) is 60.4 Å². The first kappa shape index (κ1) is 26.5. The van der Waals surface area contributed by atoms with Gasteiger partial charge in [-0.05, 0) is 36.5 Å². The van der Waals surface area contributed by atoms with Gasteiger partial charge in [0.05, 0.1) is 32.0 Å². The van der Waals surface area contributed by atoms with Crippen LogP contribution in [0.3, 0.4) is 0 Å². The van der Waals surface area contributed by atoms with E-state index in [1.807, 2.05) is 0 Å². The number of ketones is 1. The summed E-state index contributed by atoms with van der Waals surface area (Å²) in [6, 6.07) is 16.9. The molecule has 4 rings (SSSR count). The van der Waals surface area contributed by atoms with Gasteiger partial charge in [0.2, 0.25) is 0 Å². The minimum absolute atomic E-state index is 0.0823. The Hall–Kier alpha value is -2.54. The average molecular weight is 494 g/mol. The number of aliphatic carboxylic acids is 1. The molecule has 0 spiro atoms. The smallest absolute Gasteiger partial charge is 0.303 e. The number of aryl methyl sites for hydroxylation is 1. The van der Waals surface area contributed by atoms with E-state index in [0.29, 0.717) is 32.7 Å². The second-order valence-corrected chi connectivity index (χ2v) is 10.2. The Bertz CT molecular complexity index is 981. The summed E-state index contributed by atoms with van der Waals surface area (Å²) in [7, 11) is 0. The summed E-state index contributed by atoms with van der Waals surface area (Å²) in [6.07, 6.45) is 5.14. The molecule has 1 saturated carbocycles. The predicted octanol–water partition coefficient (Wildman–Crippen LogP) is 5.26. The van der Waals surface area contributed by atoms with Crippen LogP contribution >= 0.6 is 0 Å². The Morgan fingerprint density at radius 1 is 0.972 bits per heavy atom. The maximum atomic E-state index is 13.1. The Labute approximate surface area is 214 Å². The maximum absolute atomic E-state index is 13.1. The number of rotatable bonds is 12. The van der Waals surface area contributed by atoms with Crippen molar-refractivity contribution in [1.82, 2.24) is 4.90 Å². The highest BCUT2D eigenvalue weighted by molar-refractivity contribution is 5.87. The van der Waals surface area contributed by atoms with Crippen molar-refractivity contribution in [2.75, 3.05) is 26.3 Å². The van der Waals surface area contributed by atoms with Crippen LogP contribution in [0.5, 0.6) is 0 Å². The van der Waals surface area contributed by atoms with Crippen LogP contribution < -0.4 is 0 Å². The third kappa shape index (κ3) is 7.25. The molecule has 0 aromatic heterocycles. The molecule has 2 fully saturated rings. The molecule has 0 amide bonds. The molecule has 194 valence electrons. The summed E-state index contributed by atoms with van der Waals surface area (Å²) in [5.74, 6) is -0.279. The van der Waals surface area contributed by atoms with E-state index >= 15 is 0 Å². The molecule has 1 aliphatic heterocycles. The summed E-state index contributed by atoms with van der Waals surface area (Å²) in [6.45, 7) is 5.51. The standard InChI is InChI=1S/C30H39NO5/c1-22-8-12-24(13-9-22)25-14-10-23(11-15-25)21-36-28-20-27(32)30(31-16-18-35-19-17-31)26(28)6-4-2-3-5-7-29(33)34/h8-15,26,28,30H,2-7,16-21H2,1H3,(H,33,34)/t26-,28-,30+/m0/s1. The number of nitrogens with zero attached hydrogens (tertiary/aromatic N) is 1. The molecule has 6 nitrogen and oxygen atoms in total. The number of carbonyl (C=O) groups excluding carboxylic acids is 1. The predicted molar refractivity (Wildman–Crippen MR) is 140 cm³/mol. The molecule has 2 aromatic rings. The van der Waals surface area contributed by atoms with Crippen LogP contribution in [0.1, 0.15) is 56.1 Å². The van der Waals surface area contributed by atoms with Crippen LogP contribution in [0, 0.1) is 12.8 Å². The first-order chi connectivity index (χ1) is 17.5. The van der Waals surface area contributed by atoms with Crippen molar-refractivity contribution in [2.24, 2.45) is 5.92 Å². The number of Topliss-reactive ketones (excluding diaryl/α,β-unsaturated/α-hetero) is 1. The quantitative estimate of drug-likeness (QED) is 0.407. The lowest BCUT2D eigenvalue weighted by atomic mass is 9.92. The molecule has 0 bridgehead atoms. The first-order valence-corrected chi connectivity index (χ1v) is 13.3. The molecule has 2 aromatic carbocycles. The third-order valence-electron chi connectivity index (χ3n) is 7.54. The van der Waals surface area contributed by atoms with Gasteiger partial charge in [-0.1, -0.05) is 73.4 Å². The summed E-state index contributed by atoms with van der Waals surface area (Å²) in [5, 5.41) is 8.85. The zero-order valence-corrected chi connectivity index (χ0v) is 21.4. The van der Waals surface area contributed by atoms with Gasteiger partial charge in [0.1, 0.15) is 0 Å². The molecule has 3 atom stereocenters. The van der Waals surface area contributed by atoms with Gasteiger partial charge < -0.3 is 14.6 Å². The lowest BCUT2D eigenvalue weighted by Crippen LogP contribution is -2.49. The zero-order chi connectivity index (χ0) is 25.3. The summed E-state index contributed by atoms with van der Waals surface area (Å²) >= 11 is 0. The van der Waals surface area contributed by atoms with Crippen molar-refractivity contribution in [2.45, 2.75) is 70.6 Å². The van der Waals surface area contributed by atoms with Crippen LogP contribution in [0.4, 0.5) is 0 Å². The Morgan fingerprint density at radius 3 is 2.28 bits per heavy atom. The SMILES string of the molecule is Cc1ccc(-c2ccc(CO[C@H]3CC(=O)[C@H](N4CCOCC4)[C@H]3CCCCCCC(=O)O)cc2)cc1. The zero-order valence-electron chi connectivity index (χ0n) is 21.4. The van der Waals surface area contributed by atoms with Crippen LogP contribution in [0.2, 0.25) is 0 Å². The van der Waals surface area contributed by atoms with E-state index in [9.17, 15) is 9.59 Å². The topological polar surface area (TPSA) is 76.1 Å². The number of carbonyl (C=O) groups is 2. The largest absolute Gasteiger partial charge is 0.481 e. The number of unbranched alkanes of at least 4 members (excludes halogenated alkanes) is 3. The Morgan fingerprint density at radius 2 is 1.61 bits per heavy atom. The van der Waals surface area contributed by atoms with E-state index in [0.717, 1.165) is 44.3 Å². The molecule has 2 aliphatic rings. The molecular weight excluding hydrogens is 454 g/mol. The van der Waals surface area contributed by atoms with Crippen molar-refractivity contribution >= 4 is 11.8 Å². The van der Waals surface area contributed by atoms with Gasteiger partial charge in [-0.3, -0.25) is 14.5 Å². The number of benzene rings is 2. The summed E-state index contributed by atoms with van der Waals surface area (Å²) in [5.41, 5.74) is 4.75. The highest BCUT2D eigenvalue weighted by atomic mass is 16.5. The molecule has 1 saturated heterocycles. The molecule has 1 aliphatic carbocycles. The van der Waals surface area contributed by atoms with Crippen LogP contribution in [0.25, 0.3) is 11.1 Å². The summed E-state index contributed by atoms with van der Waals surface area (Å²) in [4.78, 5) is 26.2. The van der Waals surface area contributed by atoms with Gasteiger partial charge in [-0.15, -0.1) is 0 Å². The molecule has 1 heterocycles. The van der Waals surface area contributed by atoms with Crippen molar-refractivity contribution < 1.29 is 24.2 Å². The molecule has 1 N–H and O–H groups in total. The van der Waals surface area contributed by atoms with Crippen LogP contribution in [0.15, 0.2) is 48.5 Å². The second-order valence-electron chi connectivity index (χ2n) is 10.2. The lowest BCUT2D eigenvalue weighted by molar-refractivity contribution is -0.137. The number of ether oxygens (including phenoxy) is 2. The second kappa shape index (κ2) is 13.1. The highest BCUT2D eigenvalue weighted by Crippen LogP contribution is 2.35. The van der Waals surface area contributed by atoms with E-state index in [4.69, 9.17) is 14.6 Å². The number of carboxylic acid groups (broad SMARTS) is 1. The third-order valence-corrected chi connectivity index (χ3v) is 7.54. The van der Waals surface area contributed by atoms with E-state index in [-0.39, 0.29) is 30.3 Å². The van der Waals surface area contributed by atoms with Gasteiger partial charge in [-0.25, -0.2) is 0 Å². The van der Waals surface area contributed by atoms with Gasteiger partial charge in [0, 0.05) is 31.8 Å². The van der Waals surface area contributed by atoms with Gasteiger partial charge in [0.25, 0.3) is 0 Å². The van der Waals surface area contributed by atoms with Crippen molar-refractivity contribution in [3.63, 3.8) is 0 Å². The maximum Gasteiger partial charge on any atom is 0.303 e. The fourth-order valence-electron chi connectivity index (χ4n) is 5.52. The fraction of sp³-hybridized carbons (Fsp3) is 0.533. The summed E-state index contributed by atoms with van der Waals surface area (Å²) < 4.78 is 11.9. The van der Waals surface area contributed by atoms with Crippen molar-refractivity contribution in [3.05, 3.63) is 59.7 Å². The van der Waals surface area contributed by atoms with E-state index in [1.165, 1.54) is 16.7 Å². The number of hydrogen-bond donors (Lipinski definition) is 1. The molecular formula is C30H39NO5. The number of hydrogen-bond acceptors (Lipinski definition) is 5. The van der Waals surface area contributed by atoms with E-state index < -0.39 is 5.97 Å². The van der Waals surface area contributed by atoms with Gasteiger partial charge in [0.15, 0.2) is 5.78 Å². The monoisotopic (exact) mass is 493 g/mol. The Balaban J connectivity index is 1.35. The lowest BCUT2D eigenvalue weighted by Gasteiger charge is -2.35. The van der Waals surface area contributed by atoms with Gasteiger partial charge >= 0.3 is 5.97 Å². The van der Waals surface area contributed by atoms with Gasteiger partial charge in [-0.2, -0.15) is 0 Å². The van der Waals surface area contributed by atoms with Crippen molar-refractivity contribution in [3.8, 4) is 11.1 Å².